The maximum atomic E-state index is 12.8. The smallest absolute Gasteiger partial charge is 0.497 e. The number of carbonyl (C=O) groups excluding carboxylic acids is 1. The minimum Gasteiger partial charge on any atom is -0.497 e. The van der Waals surface area contributed by atoms with Crippen LogP contribution in [0.4, 0.5) is 4.79 Å². The van der Waals surface area contributed by atoms with Gasteiger partial charge in [0.2, 0.25) is 0 Å². The largest absolute Gasteiger partial charge is 0.573 e. The molecule has 0 aliphatic carbocycles. The first-order valence-electron chi connectivity index (χ1n) is 21.0. The van der Waals surface area contributed by atoms with Crippen LogP contribution < -0.4 is 9.47 Å². The van der Waals surface area contributed by atoms with Crippen molar-refractivity contribution in [2.45, 2.75) is 35.2 Å². The molecule has 2 fully saturated rings. The Bertz CT molecular complexity index is 2080. The molecule has 0 saturated carbocycles. The zero-order valence-electron chi connectivity index (χ0n) is 35.5. The molecule has 332 valence electrons. The van der Waals surface area contributed by atoms with Gasteiger partial charge in [0, 0.05) is 11.5 Å². The SMILES string of the molecule is COc1ccc(C(CSOC2COCC2OOC(=O)OOC2COCC2OSCC(c2ccccc2)(c2ccccc2)c2ccc(OC)cc2)(c2ccccc2)c2ccccc2)cc1. The molecule has 64 heavy (non-hydrogen) atoms. The van der Waals surface area contributed by atoms with Crippen LogP contribution in [-0.2, 0) is 48.2 Å². The molecule has 2 aliphatic heterocycles. The highest BCUT2D eigenvalue weighted by molar-refractivity contribution is 7.94. The van der Waals surface area contributed by atoms with Crippen LogP contribution in [0.25, 0.3) is 0 Å². The van der Waals surface area contributed by atoms with Crippen LogP contribution in [0.2, 0.25) is 0 Å². The van der Waals surface area contributed by atoms with Gasteiger partial charge in [-0.15, -0.1) is 0 Å². The number of carbonyl (C=O) groups is 1. The molecule has 0 aromatic heterocycles. The van der Waals surface area contributed by atoms with Crippen molar-refractivity contribution in [2.24, 2.45) is 0 Å². The molecule has 6 aromatic carbocycles. The molecule has 0 radical (unpaired) electrons. The lowest BCUT2D eigenvalue weighted by Gasteiger charge is -2.36. The molecule has 4 atom stereocenters. The lowest BCUT2D eigenvalue weighted by molar-refractivity contribution is -0.352. The highest BCUT2D eigenvalue weighted by atomic mass is 32.2. The number of hydrogen-bond acceptors (Lipinski definition) is 13. The lowest BCUT2D eigenvalue weighted by atomic mass is 9.71. The minimum atomic E-state index is -1.19. The van der Waals surface area contributed by atoms with Crippen LogP contribution in [0.3, 0.4) is 0 Å². The monoisotopic (exact) mass is 902 g/mol. The molecule has 8 rings (SSSR count). The quantitative estimate of drug-likeness (QED) is 0.0314. The van der Waals surface area contributed by atoms with Crippen molar-refractivity contribution in [3.8, 4) is 11.5 Å². The van der Waals surface area contributed by atoms with Crippen LogP contribution in [-0.4, -0.2) is 82.7 Å². The number of hydrogen-bond donors (Lipinski definition) is 0. The van der Waals surface area contributed by atoms with Gasteiger partial charge in [-0.3, -0.25) is 9.78 Å². The Hall–Kier alpha value is -5.35. The van der Waals surface area contributed by atoms with E-state index in [1.807, 2.05) is 97.1 Å². The van der Waals surface area contributed by atoms with Crippen LogP contribution in [0, 0.1) is 0 Å². The number of methoxy groups -OCH3 is 2. The molecule has 4 unspecified atom stereocenters. The van der Waals surface area contributed by atoms with Gasteiger partial charge in [-0.1, -0.05) is 146 Å². The Morgan fingerprint density at radius 3 is 1.06 bits per heavy atom. The molecule has 0 spiro atoms. The number of rotatable bonds is 20. The van der Waals surface area contributed by atoms with Crippen LogP contribution >= 0.6 is 24.1 Å². The Morgan fingerprint density at radius 1 is 0.453 bits per heavy atom. The van der Waals surface area contributed by atoms with Crippen molar-refractivity contribution in [3.05, 3.63) is 203 Å². The highest BCUT2D eigenvalue weighted by Crippen LogP contribution is 2.45. The summed E-state index contributed by atoms with van der Waals surface area (Å²) < 4.78 is 35.1. The third-order valence-electron chi connectivity index (χ3n) is 11.6. The Balaban J connectivity index is 0.867. The van der Waals surface area contributed by atoms with E-state index >= 15 is 0 Å². The fraction of sp³-hybridized carbons (Fsp3) is 0.275. The van der Waals surface area contributed by atoms with Crippen molar-refractivity contribution in [2.75, 3.05) is 52.2 Å². The van der Waals surface area contributed by atoms with Crippen molar-refractivity contribution < 1.29 is 51.7 Å². The summed E-state index contributed by atoms with van der Waals surface area (Å²) in [6, 6.07) is 57.6. The molecular formula is C51H50O11S2. The van der Waals surface area contributed by atoms with Gasteiger partial charge in [0.25, 0.3) is 0 Å². The maximum Gasteiger partial charge on any atom is 0.573 e. The summed E-state index contributed by atoms with van der Waals surface area (Å²) in [5, 5.41) is 0. The predicted octanol–water partition coefficient (Wildman–Crippen LogP) is 9.95. The van der Waals surface area contributed by atoms with E-state index in [0.717, 1.165) is 44.9 Å². The van der Waals surface area contributed by atoms with Crippen molar-refractivity contribution in [3.63, 3.8) is 0 Å². The molecule has 0 N–H and O–H groups in total. The third kappa shape index (κ3) is 10.3. The van der Waals surface area contributed by atoms with Gasteiger partial charge in [0.05, 0.1) is 51.5 Å². The van der Waals surface area contributed by atoms with Crippen molar-refractivity contribution in [1.29, 1.82) is 0 Å². The fourth-order valence-corrected chi connectivity index (χ4v) is 10.4. The molecule has 2 aliphatic rings. The van der Waals surface area contributed by atoms with E-state index in [2.05, 4.69) is 72.8 Å². The molecular weight excluding hydrogens is 853 g/mol. The van der Waals surface area contributed by atoms with Gasteiger partial charge in [-0.2, -0.15) is 14.6 Å². The molecule has 11 nitrogen and oxygen atoms in total. The molecule has 13 heteroatoms. The van der Waals surface area contributed by atoms with E-state index in [-0.39, 0.29) is 26.4 Å². The van der Waals surface area contributed by atoms with Crippen LogP contribution in [0.15, 0.2) is 170 Å². The van der Waals surface area contributed by atoms with Crippen LogP contribution in [0.5, 0.6) is 11.5 Å². The van der Waals surface area contributed by atoms with E-state index in [1.54, 1.807) is 14.2 Å². The summed E-state index contributed by atoms with van der Waals surface area (Å²) in [7, 11) is 3.31. The van der Waals surface area contributed by atoms with Gasteiger partial charge in [-0.05, 0) is 81.7 Å². The Kier molecular flexibility index (Phi) is 15.6. The van der Waals surface area contributed by atoms with E-state index in [1.165, 1.54) is 24.1 Å². The normalized spacial score (nSPS) is 18.7. The van der Waals surface area contributed by atoms with E-state index in [9.17, 15) is 4.79 Å². The average Bonchev–Trinajstić information content (AvgIpc) is 4.03. The number of benzene rings is 6. The summed E-state index contributed by atoms with van der Waals surface area (Å²) in [6.07, 6.45) is -3.71. The third-order valence-corrected chi connectivity index (χ3v) is 13.5. The molecule has 0 bridgehead atoms. The highest BCUT2D eigenvalue weighted by Gasteiger charge is 2.41. The lowest BCUT2D eigenvalue weighted by Crippen LogP contribution is -2.35. The summed E-state index contributed by atoms with van der Waals surface area (Å²) in [5.41, 5.74) is 5.38. The first-order valence-corrected chi connectivity index (χ1v) is 22.8. The molecule has 2 heterocycles. The molecule has 6 aromatic rings. The minimum absolute atomic E-state index is 0.147. The zero-order chi connectivity index (χ0) is 44.0. The number of ether oxygens (including phenoxy) is 4. The van der Waals surface area contributed by atoms with E-state index < -0.39 is 41.4 Å². The first-order chi connectivity index (χ1) is 31.5. The zero-order valence-corrected chi connectivity index (χ0v) is 37.2. The average molecular weight is 903 g/mol. The summed E-state index contributed by atoms with van der Waals surface area (Å²) in [5.74, 6) is 2.56. The Labute approximate surface area is 382 Å². The maximum absolute atomic E-state index is 12.8. The van der Waals surface area contributed by atoms with Crippen LogP contribution in [0.1, 0.15) is 33.4 Å². The topological polar surface area (TPSA) is 109 Å². The van der Waals surface area contributed by atoms with Gasteiger partial charge in [0.1, 0.15) is 23.7 Å². The van der Waals surface area contributed by atoms with Gasteiger partial charge in [0.15, 0.2) is 12.2 Å². The molecule has 2 saturated heterocycles. The Morgan fingerprint density at radius 2 is 0.750 bits per heavy atom. The van der Waals surface area contributed by atoms with E-state index in [0.29, 0.717) is 11.5 Å². The van der Waals surface area contributed by atoms with E-state index in [4.69, 9.17) is 46.9 Å². The van der Waals surface area contributed by atoms with Crippen molar-refractivity contribution in [1.82, 2.24) is 0 Å². The second-order valence-corrected chi connectivity index (χ2v) is 16.7. The summed E-state index contributed by atoms with van der Waals surface area (Å²) >= 11 is 2.60. The van der Waals surface area contributed by atoms with Gasteiger partial charge in [-0.25, -0.2) is 0 Å². The fourth-order valence-electron chi connectivity index (χ4n) is 8.17. The summed E-state index contributed by atoms with van der Waals surface area (Å²) in [4.78, 5) is 34.0. The van der Waals surface area contributed by atoms with Crippen molar-refractivity contribution >= 4 is 30.2 Å². The van der Waals surface area contributed by atoms with Gasteiger partial charge >= 0.3 is 6.16 Å². The molecule has 0 amide bonds. The first kappa shape index (κ1) is 45.2. The second kappa shape index (κ2) is 22.0. The summed E-state index contributed by atoms with van der Waals surface area (Å²) in [6.45, 7) is 0.772. The predicted molar refractivity (Wildman–Crippen MR) is 245 cm³/mol. The van der Waals surface area contributed by atoms with Gasteiger partial charge < -0.3 is 27.3 Å². The standard InChI is InChI=1S/C51H50O11S2/c1-53-43-27-23-41(24-28-43)50(37-15-7-3-8-16-37,38-17-9-4-10-18-38)35-63-61-47-33-55-31-45(47)57-59-49(52)60-58-46-32-56-34-48(46)62-64-36-51(39-19-11-5-12-20-39,40-21-13-6-14-22-40)42-25-29-44(54-2)30-26-42/h3-30,45-48H,31-36H2,1-2H3. The second-order valence-electron chi connectivity index (χ2n) is 15.3.